The van der Waals surface area contributed by atoms with Crippen molar-refractivity contribution in [2.45, 2.75) is 32.9 Å². The minimum atomic E-state index is -0.535. The van der Waals surface area contributed by atoms with E-state index in [-0.39, 0.29) is 11.8 Å². The number of nitrogens with one attached hydrogen (secondary N) is 1. The van der Waals surface area contributed by atoms with Crippen LogP contribution in [0.5, 0.6) is 0 Å². The zero-order valence-corrected chi connectivity index (χ0v) is 10.0. The van der Waals surface area contributed by atoms with E-state index in [1.807, 2.05) is 6.92 Å². The maximum Gasteiger partial charge on any atom is 0.249 e. The van der Waals surface area contributed by atoms with E-state index in [4.69, 9.17) is 4.74 Å². The molecule has 0 aromatic rings. The predicted octanol–water partition coefficient (Wildman–Crippen LogP) is 0.00430. The van der Waals surface area contributed by atoms with Crippen molar-refractivity contribution in [1.82, 2.24) is 10.2 Å². The van der Waals surface area contributed by atoms with Crippen LogP contribution in [0.3, 0.4) is 0 Å². The summed E-state index contributed by atoms with van der Waals surface area (Å²) in [6.45, 7) is 5.80. The summed E-state index contributed by atoms with van der Waals surface area (Å²) in [7, 11) is 3.15. The number of methoxy groups -OCH3 is 1. The van der Waals surface area contributed by atoms with Crippen LogP contribution in [0.2, 0.25) is 0 Å². The van der Waals surface area contributed by atoms with Gasteiger partial charge in [0.05, 0.1) is 0 Å². The van der Waals surface area contributed by atoms with Crippen LogP contribution in [0.25, 0.3) is 0 Å². The van der Waals surface area contributed by atoms with Gasteiger partial charge in [-0.25, -0.2) is 0 Å². The van der Waals surface area contributed by atoms with E-state index in [2.05, 4.69) is 5.32 Å². The summed E-state index contributed by atoms with van der Waals surface area (Å²) in [6, 6.07) is -0.514. The first-order valence-electron chi connectivity index (χ1n) is 5.02. The quantitative estimate of drug-likeness (QED) is 0.704. The van der Waals surface area contributed by atoms with Crippen molar-refractivity contribution in [3.05, 3.63) is 0 Å². The molecule has 5 heteroatoms. The second-order valence-electron chi connectivity index (χ2n) is 3.46. The number of hydrogen-bond donors (Lipinski definition) is 1. The van der Waals surface area contributed by atoms with Gasteiger partial charge < -0.3 is 15.0 Å². The number of rotatable bonds is 5. The average Bonchev–Trinajstić information content (AvgIpc) is 2.25. The normalized spacial score (nSPS) is 14.2. The Labute approximate surface area is 90.8 Å². The third-order valence-corrected chi connectivity index (χ3v) is 2.30. The third kappa shape index (κ3) is 4.29. The fraction of sp³-hybridized carbons (Fsp3) is 0.800. The summed E-state index contributed by atoms with van der Waals surface area (Å²) in [4.78, 5) is 24.5. The van der Waals surface area contributed by atoms with Gasteiger partial charge in [0.1, 0.15) is 12.1 Å². The molecule has 0 aromatic heterocycles. The molecule has 15 heavy (non-hydrogen) atoms. The Balaban J connectivity index is 4.18. The molecule has 5 nitrogen and oxygen atoms in total. The van der Waals surface area contributed by atoms with Crippen molar-refractivity contribution < 1.29 is 14.3 Å². The maximum atomic E-state index is 11.6. The van der Waals surface area contributed by atoms with Crippen LogP contribution in [0.15, 0.2) is 0 Å². The molecule has 1 N–H and O–H groups in total. The molecule has 2 amide bonds. The maximum absolute atomic E-state index is 11.6. The van der Waals surface area contributed by atoms with E-state index in [1.54, 1.807) is 25.8 Å². The lowest BCUT2D eigenvalue weighted by Crippen LogP contribution is -2.48. The van der Waals surface area contributed by atoms with Gasteiger partial charge in [-0.05, 0) is 20.8 Å². The van der Waals surface area contributed by atoms with E-state index in [1.165, 1.54) is 7.11 Å². The molecule has 0 heterocycles. The van der Waals surface area contributed by atoms with Crippen LogP contribution in [0.1, 0.15) is 20.8 Å². The number of carbonyl (C=O) groups excluding carboxylic acids is 2. The highest BCUT2D eigenvalue weighted by Gasteiger charge is 2.20. The SMILES string of the molecule is CCN(C)C(=O)C(C)NC(=O)C(C)OC. The van der Waals surface area contributed by atoms with Gasteiger partial charge in [-0.1, -0.05) is 0 Å². The lowest BCUT2D eigenvalue weighted by Gasteiger charge is -2.21. The molecule has 0 fully saturated rings. The van der Waals surface area contributed by atoms with Crippen LogP contribution in [0.4, 0.5) is 0 Å². The van der Waals surface area contributed by atoms with Gasteiger partial charge in [0.25, 0.3) is 0 Å². The molecule has 2 unspecified atom stereocenters. The van der Waals surface area contributed by atoms with Crippen LogP contribution >= 0.6 is 0 Å². The smallest absolute Gasteiger partial charge is 0.249 e. The van der Waals surface area contributed by atoms with Crippen LogP contribution < -0.4 is 5.32 Å². The molecule has 2 atom stereocenters. The summed E-state index contributed by atoms with van der Waals surface area (Å²) >= 11 is 0. The first-order chi connectivity index (χ1) is 6.93. The fourth-order valence-electron chi connectivity index (χ4n) is 0.986. The Kier molecular flexibility index (Phi) is 5.93. The fourth-order valence-corrected chi connectivity index (χ4v) is 0.986. The molecule has 0 bridgehead atoms. The molecule has 0 rings (SSSR count). The van der Waals surface area contributed by atoms with Gasteiger partial charge in [-0.3, -0.25) is 9.59 Å². The standard InChI is InChI=1S/C10H20N2O3/c1-6-12(4)10(14)7(2)11-9(13)8(3)15-5/h7-8H,6H2,1-5H3,(H,11,13). The number of likely N-dealkylation sites (N-methyl/N-ethyl adjacent to an activating group) is 1. The van der Waals surface area contributed by atoms with Crippen molar-refractivity contribution in [3.63, 3.8) is 0 Å². The summed E-state index contributed by atoms with van der Waals surface area (Å²) in [5.74, 6) is -0.378. The molecule has 0 saturated carbocycles. The lowest BCUT2D eigenvalue weighted by atomic mass is 10.2. The van der Waals surface area contributed by atoms with Crippen molar-refractivity contribution >= 4 is 11.8 Å². The third-order valence-electron chi connectivity index (χ3n) is 2.30. The number of carbonyl (C=O) groups is 2. The van der Waals surface area contributed by atoms with Gasteiger partial charge in [0.2, 0.25) is 11.8 Å². The topological polar surface area (TPSA) is 58.6 Å². The largest absolute Gasteiger partial charge is 0.372 e. The van der Waals surface area contributed by atoms with Crippen molar-refractivity contribution in [2.24, 2.45) is 0 Å². The van der Waals surface area contributed by atoms with E-state index < -0.39 is 12.1 Å². The number of amides is 2. The predicted molar refractivity (Wildman–Crippen MR) is 57.4 cm³/mol. The zero-order chi connectivity index (χ0) is 12.0. The Hall–Kier alpha value is -1.10. The van der Waals surface area contributed by atoms with Crippen molar-refractivity contribution in [2.75, 3.05) is 20.7 Å². The summed E-state index contributed by atoms with van der Waals surface area (Å²) in [5.41, 5.74) is 0. The molecule has 0 aliphatic heterocycles. The summed E-state index contributed by atoms with van der Waals surface area (Å²) in [5, 5.41) is 2.59. The number of ether oxygens (including phenoxy) is 1. The van der Waals surface area contributed by atoms with Gasteiger partial charge in [0, 0.05) is 20.7 Å². The molecule has 0 aromatic carbocycles. The van der Waals surface area contributed by atoms with E-state index in [0.717, 1.165) is 0 Å². The molecular weight excluding hydrogens is 196 g/mol. The summed E-state index contributed by atoms with van der Waals surface area (Å²) in [6.07, 6.45) is -0.535. The van der Waals surface area contributed by atoms with Crippen LogP contribution in [-0.2, 0) is 14.3 Å². The highest BCUT2D eigenvalue weighted by molar-refractivity contribution is 5.88. The molecule has 0 spiro atoms. The number of hydrogen-bond acceptors (Lipinski definition) is 3. The molecule has 0 aliphatic carbocycles. The lowest BCUT2D eigenvalue weighted by molar-refractivity contribution is -0.137. The molecule has 0 radical (unpaired) electrons. The molecule has 0 aliphatic rings. The van der Waals surface area contributed by atoms with Gasteiger partial charge in [0.15, 0.2) is 0 Å². The Bertz CT molecular complexity index is 231. The van der Waals surface area contributed by atoms with Gasteiger partial charge >= 0.3 is 0 Å². The Morgan fingerprint density at radius 2 is 1.93 bits per heavy atom. The monoisotopic (exact) mass is 216 g/mol. The van der Waals surface area contributed by atoms with Gasteiger partial charge in [-0.15, -0.1) is 0 Å². The second kappa shape index (κ2) is 6.40. The number of nitrogens with zero attached hydrogens (tertiary/aromatic N) is 1. The van der Waals surface area contributed by atoms with E-state index in [9.17, 15) is 9.59 Å². The van der Waals surface area contributed by atoms with E-state index >= 15 is 0 Å². The first-order valence-corrected chi connectivity index (χ1v) is 5.02. The highest BCUT2D eigenvalue weighted by Crippen LogP contribution is 1.94. The van der Waals surface area contributed by atoms with Crippen LogP contribution in [-0.4, -0.2) is 49.6 Å². The van der Waals surface area contributed by atoms with E-state index in [0.29, 0.717) is 6.54 Å². The first kappa shape index (κ1) is 13.9. The summed E-state index contributed by atoms with van der Waals surface area (Å²) < 4.78 is 4.84. The Morgan fingerprint density at radius 1 is 1.40 bits per heavy atom. The second-order valence-corrected chi connectivity index (χ2v) is 3.46. The molecule has 88 valence electrons. The minimum absolute atomic E-state index is 0.103. The van der Waals surface area contributed by atoms with Gasteiger partial charge in [-0.2, -0.15) is 0 Å². The highest BCUT2D eigenvalue weighted by atomic mass is 16.5. The van der Waals surface area contributed by atoms with Crippen molar-refractivity contribution in [3.8, 4) is 0 Å². The van der Waals surface area contributed by atoms with Crippen LogP contribution in [0, 0.1) is 0 Å². The molecule has 0 saturated heterocycles. The average molecular weight is 216 g/mol. The molecular formula is C10H20N2O3. The van der Waals surface area contributed by atoms with Crippen molar-refractivity contribution in [1.29, 1.82) is 0 Å². The zero-order valence-electron chi connectivity index (χ0n) is 10.0. The minimum Gasteiger partial charge on any atom is -0.372 e. The Morgan fingerprint density at radius 3 is 2.33 bits per heavy atom.